The maximum Gasteiger partial charge on any atom is 0.217 e. The highest BCUT2D eigenvalue weighted by atomic mass is 35.5. The minimum Gasteiger partial charge on any atom is -0.361 e. The van der Waals surface area contributed by atoms with E-state index >= 15 is 0 Å². The van der Waals surface area contributed by atoms with Crippen molar-refractivity contribution in [3.05, 3.63) is 70.8 Å². The second-order valence-corrected chi connectivity index (χ2v) is 5.88. The summed E-state index contributed by atoms with van der Waals surface area (Å²) in [6.07, 6.45) is 3.36. The molecule has 0 saturated carbocycles. The Kier molecular flexibility index (Phi) is 3.43. The van der Waals surface area contributed by atoms with Crippen LogP contribution in [0.2, 0.25) is 5.02 Å². The number of pyridine rings is 1. The van der Waals surface area contributed by atoms with E-state index in [9.17, 15) is 4.79 Å². The average Bonchev–Trinajstić information content (AvgIpc) is 3.21. The Labute approximate surface area is 142 Å². The van der Waals surface area contributed by atoms with E-state index in [-0.39, 0.29) is 11.5 Å². The highest BCUT2D eigenvalue weighted by Crippen LogP contribution is 2.31. The molecule has 1 N–H and O–H groups in total. The Morgan fingerprint density at radius 3 is 2.71 bits per heavy atom. The fourth-order valence-corrected chi connectivity index (χ4v) is 2.84. The van der Waals surface area contributed by atoms with Crippen LogP contribution in [-0.4, -0.2) is 20.9 Å². The van der Waals surface area contributed by atoms with Gasteiger partial charge in [0.25, 0.3) is 0 Å². The van der Waals surface area contributed by atoms with Crippen molar-refractivity contribution in [2.45, 2.75) is 6.92 Å². The van der Waals surface area contributed by atoms with Crippen molar-refractivity contribution in [1.29, 1.82) is 0 Å². The van der Waals surface area contributed by atoms with E-state index in [0.717, 1.165) is 16.5 Å². The summed E-state index contributed by atoms with van der Waals surface area (Å²) in [6.45, 7) is 1.75. The summed E-state index contributed by atoms with van der Waals surface area (Å²) >= 11 is 5.97. The van der Waals surface area contributed by atoms with Crippen molar-refractivity contribution in [2.75, 3.05) is 0 Å². The predicted molar refractivity (Wildman–Crippen MR) is 91.2 cm³/mol. The highest BCUT2D eigenvalue weighted by Gasteiger charge is 2.20. The number of carbonyl (C=O) groups is 1. The van der Waals surface area contributed by atoms with Gasteiger partial charge in [0, 0.05) is 28.9 Å². The normalized spacial score (nSPS) is 11.1. The smallest absolute Gasteiger partial charge is 0.217 e. The van der Waals surface area contributed by atoms with Gasteiger partial charge >= 0.3 is 0 Å². The number of hydrogen-bond donors (Lipinski definition) is 1. The van der Waals surface area contributed by atoms with Crippen LogP contribution in [0.15, 0.2) is 53.3 Å². The molecule has 0 aliphatic rings. The van der Waals surface area contributed by atoms with E-state index < -0.39 is 0 Å². The largest absolute Gasteiger partial charge is 0.361 e. The Morgan fingerprint density at radius 1 is 1.21 bits per heavy atom. The number of aromatic nitrogens is 3. The monoisotopic (exact) mass is 337 g/mol. The Bertz CT molecular complexity index is 1050. The van der Waals surface area contributed by atoms with E-state index in [2.05, 4.69) is 15.1 Å². The molecular formula is C18H12ClN3O2. The van der Waals surface area contributed by atoms with Gasteiger partial charge in [0.2, 0.25) is 5.78 Å². The van der Waals surface area contributed by atoms with Crippen molar-refractivity contribution in [1.82, 2.24) is 15.1 Å². The van der Waals surface area contributed by atoms with Crippen LogP contribution in [0.25, 0.3) is 22.2 Å². The Balaban J connectivity index is 1.91. The summed E-state index contributed by atoms with van der Waals surface area (Å²) < 4.78 is 5.01. The molecule has 0 radical (unpaired) electrons. The first-order valence-corrected chi connectivity index (χ1v) is 7.71. The number of carbonyl (C=O) groups excluding carboxylic acids is 1. The lowest BCUT2D eigenvalue weighted by atomic mass is 9.99. The van der Waals surface area contributed by atoms with Gasteiger partial charge in [-0.05, 0) is 36.2 Å². The molecule has 118 valence electrons. The number of benzene rings is 1. The van der Waals surface area contributed by atoms with Crippen molar-refractivity contribution in [3.8, 4) is 11.1 Å². The summed E-state index contributed by atoms with van der Waals surface area (Å²) in [7, 11) is 0. The minimum absolute atomic E-state index is 0.207. The second-order valence-electron chi connectivity index (χ2n) is 5.44. The average molecular weight is 338 g/mol. The summed E-state index contributed by atoms with van der Waals surface area (Å²) in [5.41, 5.74) is 3.29. The van der Waals surface area contributed by atoms with Gasteiger partial charge in [-0.3, -0.25) is 4.79 Å². The number of H-pyrrole nitrogens is 1. The van der Waals surface area contributed by atoms with Crippen molar-refractivity contribution in [3.63, 3.8) is 0 Å². The molecule has 4 aromatic rings. The number of nitrogens with one attached hydrogen (secondary N) is 1. The zero-order valence-electron chi connectivity index (χ0n) is 12.7. The number of halogens is 1. The molecule has 0 atom stereocenters. The van der Waals surface area contributed by atoms with Gasteiger partial charge in [-0.1, -0.05) is 28.9 Å². The standard InChI is InChI=1S/C18H12ClN3O2/c1-10-8-15(22-24-10)17(23)14-9-21-18-16(14)13(6-7-20-18)11-2-4-12(19)5-3-11/h2-9H,1H3,(H,20,21). The molecule has 4 rings (SSSR count). The summed E-state index contributed by atoms with van der Waals surface area (Å²) in [5, 5.41) is 5.23. The molecule has 0 bridgehead atoms. The van der Waals surface area contributed by atoms with E-state index in [1.165, 1.54) is 0 Å². The van der Waals surface area contributed by atoms with Crippen LogP contribution in [0, 0.1) is 6.92 Å². The van der Waals surface area contributed by atoms with Gasteiger partial charge in [0.1, 0.15) is 11.4 Å². The molecule has 0 unspecified atom stereocenters. The topological polar surface area (TPSA) is 71.8 Å². The molecule has 6 heteroatoms. The molecule has 0 fully saturated rings. The third-order valence-electron chi connectivity index (χ3n) is 3.83. The molecule has 0 amide bonds. The molecule has 0 saturated heterocycles. The van der Waals surface area contributed by atoms with E-state index in [4.69, 9.17) is 16.1 Å². The van der Waals surface area contributed by atoms with Crippen LogP contribution >= 0.6 is 11.6 Å². The zero-order valence-corrected chi connectivity index (χ0v) is 13.5. The molecular weight excluding hydrogens is 326 g/mol. The maximum absolute atomic E-state index is 12.8. The van der Waals surface area contributed by atoms with Gasteiger partial charge in [-0.15, -0.1) is 0 Å². The number of ketones is 1. The first-order chi connectivity index (χ1) is 11.6. The van der Waals surface area contributed by atoms with Gasteiger partial charge in [-0.25, -0.2) is 4.98 Å². The number of aromatic amines is 1. The van der Waals surface area contributed by atoms with Crippen LogP contribution in [0.5, 0.6) is 0 Å². The second kappa shape index (κ2) is 5.62. The summed E-state index contributed by atoms with van der Waals surface area (Å²) in [6, 6.07) is 11.0. The molecule has 3 heterocycles. The van der Waals surface area contributed by atoms with Crippen LogP contribution in [0.1, 0.15) is 21.8 Å². The quantitative estimate of drug-likeness (QED) is 0.562. The van der Waals surface area contributed by atoms with Gasteiger partial charge in [0.05, 0.1) is 5.56 Å². The minimum atomic E-state index is -0.207. The predicted octanol–water partition coefficient (Wildman–Crippen LogP) is 4.41. The van der Waals surface area contributed by atoms with Crippen LogP contribution in [-0.2, 0) is 0 Å². The van der Waals surface area contributed by atoms with Gasteiger partial charge in [-0.2, -0.15) is 0 Å². The molecule has 3 aromatic heterocycles. The van der Waals surface area contributed by atoms with Gasteiger partial charge in [0.15, 0.2) is 5.69 Å². The van der Waals surface area contributed by atoms with Crippen LogP contribution in [0.3, 0.4) is 0 Å². The van der Waals surface area contributed by atoms with Crippen LogP contribution < -0.4 is 0 Å². The fourth-order valence-electron chi connectivity index (χ4n) is 2.72. The molecule has 1 aromatic carbocycles. The summed E-state index contributed by atoms with van der Waals surface area (Å²) in [4.78, 5) is 20.1. The third-order valence-corrected chi connectivity index (χ3v) is 4.09. The van der Waals surface area contributed by atoms with Crippen LogP contribution in [0.4, 0.5) is 0 Å². The first-order valence-electron chi connectivity index (χ1n) is 7.33. The number of aryl methyl sites for hydroxylation is 1. The molecule has 0 spiro atoms. The SMILES string of the molecule is Cc1cc(C(=O)c2c[nH]c3nccc(-c4ccc(Cl)cc4)c23)no1. The molecule has 5 nitrogen and oxygen atoms in total. The zero-order chi connectivity index (χ0) is 16.7. The Morgan fingerprint density at radius 2 is 2.00 bits per heavy atom. The third kappa shape index (κ3) is 2.39. The van der Waals surface area contributed by atoms with Crippen molar-refractivity contribution >= 4 is 28.4 Å². The van der Waals surface area contributed by atoms with E-state index in [1.54, 1.807) is 25.4 Å². The molecule has 24 heavy (non-hydrogen) atoms. The van der Waals surface area contributed by atoms with E-state index in [1.807, 2.05) is 30.3 Å². The van der Waals surface area contributed by atoms with Crippen molar-refractivity contribution < 1.29 is 9.32 Å². The number of rotatable bonds is 3. The highest BCUT2D eigenvalue weighted by molar-refractivity contribution is 6.30. The Hall–Kier alpha value is -2.92. The number of nitrogens with zero attached hydrogens (tertiary/aromatic N) is 2. The summed E-state index contributed by atoms with van der Waals surface area (Å²) in [5.74, 6) is 0.385. The van der Waals surface area contributed by atoms with Gasteiger partial charge < -0.3 is 9.51 Å². The maximum atomic E-state index is 12.8. The van der Waals surface area contributed by atoms with E-state index in [0.29, 0.717) is 22.0 Å². The molecule has 0 aliphatic heterocycles. The lowest BCUT2D eigenvalue weighted by Gasteiger charge is -2.05. The lowest BCUT2D eigenvalue weighted by Crippen LogP contribution is -2.01. The molecule has 0 aliphatic carbocycles. The lowest BCUT2D eigenvalue weighted by molar-refractivity contribution is 0.103. The number of hydrogen-bond acceptors (Lipinski definition) is 4. The first kappa shape index (κ1) is 14.7. The fraction of sp³-hybridized carbons (Fsp3) is 0.0556. The van der Waals surface area contributed by atoms with Crippen molar-refractivity contribution in [2.24, 2.45) is 0 Å². The number of fused-ring (bicyclic) bond motifs is 1.